The lowest BCUT2D eigenvalue weighted by molar-refractivity contribution is -0.137. The van der Waals surface area contributed by atoms with Crippen LogP contribution in [0.3, 0.4) is 0 Å². The van der Waals surface area contributed by atoms with Gasteiger partial charge in [-0.05, 0) is 36.8 Å². The highest BCUT2D eigenvalue weighted by molar-refractivity contribution is 5.44. The summed E-state index contributed by atoms with van der Waals surface area (Å²) in [6.45, 7) is 1.58. The Kier molecular flexibility index (Phi) is 6.90. The van der Waals surface area contributed by atoms with Crippen molar-refractivity contribution in [1.82, 2.24) is 29.7 Å². The van der Waals surface area contributed by atoms with Crippen molar-refractivity contribution >= 4 is 5.95 Å². The summed E-state index contributed by atoms with van der Waals surface area (Å²) < 4.78 is 56.0. The van der Waals surface area contributed by atoms with Crippen molar-refractivity contribution in [2.45, 2.75) is 26.1 Å². The molecule has 36 heavy (non-hydrogen) atoms. The molecule has 0 aliphatic heterocycles. The number of nitrogen functional groups attached to an aromatic ring is 1. The summed E-state index contributed by atoms with van der Waals surface area (Å²) in [6, 6.07) is 9.20. The van der Waals surface area contributed by atoms with Crippen LogP contribution in [0, 0.1) is 6.92 Å². The molecular formula is C23H22F3N7O3. The second-order valence-corrected chi connectivity index (χ2v) is 7.60. The van der Waals surface area contributed by atoms with Crippen molar-refractivity contribution in [2.24, 2.45) is 0 Å². The Labute approximate surface area is 203 Å². The third-order valence-corrected chi connectivity index (χ3v) is 5.04. The monoisotopic (exact) mass is 501 g/mol. The van der Waals surface area contributed by atoms with Crippen molar-refractivity contribution in [1.29, 1.82) is 0 Å². The van der Waals surface area contributed by atoms with Crippen LogP contribution in [-0.2, 0) is 19.2 Å². The van der Waals surface area contributed by atoms with Crippen LogP contribution in [0.4, 0.5) is 19.1 Å². The van der Waals surface area contributed by atoms with Gasteiger partial charge in [0.15, 0.2) is 17.3 Å². The number of nitrogens with two attached hydrogens (primary N) is 1. The molecule has 3 heterocycles. The second kappa shape index (κ2) is 10.1. The van der Waals surface area contributed by atoms with Crippen molar-refractivity contribution < 1.29 is 27.4 Å². The Hall–Kier alpha value is -4.42. The van der Waals surface area contributed by atoms with E-state index in [4.69, 9.17) is 19.9 Å². The van der Waals surface area contributed by atoms with E-state index in [0.717, 1.165) is 17.8 Å². The van der Waals surface area contributed by atoms with Crippen LogP contribution >= 0.6 is 0 Å². The number of halogens is 3. The molecule has 13 heteroatoms. The molecule has 0 saturated heterocycles. The highest BCUT2D eigenvalue weighted by Crippen LogP contribution is 2.29. The zero-order valence-electron chi connectivity index (χ0n) is 19.6. The van der Waals surface area contributed by atoms with Gasteiger partial charge in [0.05, 0.1) is 25.5 Å². The molecule has 0 unspecified atom stereocenters. The average molecular weight is 501 g/mol. The zero-order chi connectivity index (χ0) is 25.9. The molecule has 2 N–H and O–H groups in total. The number of benzene rings is 1. The zero-order valence-corrected chi connectivity index (χ0v) is 19.6. The fourth-order valence-electron chi connectivity index (χ4n) is 3.37. The van der Waals surface area contributed by atoms with Crippen LogP contribution in [-0.4, -0.2) is 43.9 Å². The van der Waals surface area contributed by atoms with Crippen LogP contribution in [0.25, 0.3) is 5.82 Å². The van der Waals surface area contributed by atoms with Gasteiger partial charge in [-0.25, -0.2) is 4.98 Å². The topological polar surface area (TPSA) is 123 Å². The molecule has 0 saturated carbocycles. The molecule has 188 valence electrons. The predicted octanol–water partition coefficient (Wildman–Crippen LogP) is 3.55. The van der Waals surface area contributed by atoms with Gasteiger partial charge >= 0.3 is 6.18 Å². The Morgan fingerprint density at radius 3 is 2.42 bits per heavy atom. The summed E-state index contributed by atoms with van der Waals surface area (Å²) in [4.78, 5) is 16.8. The van der Waals surface area contributed by atoms with Gasteiger partial charge in [-0.2, -0.15) is 27.8 Å². The number of hydrogen-bond donors (Lipinski definition) is 1. The number of rotatable bonds is 8. The van der Waals surface area contributed by atoms with E-state index in [2.05, 4.69) is 25.0 Å². The summed E-state index contributed by atoms with van der Waals surface area (Å²) in [5, 5.41) is 4.25. The number of methoxy groups -OCH3 is 2. The normalized spacial score (nSPS) is 11.4. The highest BCUT2D eigenvalue weighted by Gasteiger charge is 2.30. The van der Waals surface area contributed by atoms with Crippen LogP contribution in [0.1, 0.15) is 28.5 Å². The lowest BCUT2D eigenvalue weighted by Crippen LogP contribution is -2.10. The number of pyridine rings is 1. The molecule has 0 aliphatic rings. The minimum absolute atomic E-state index is 0.0539. The first-order valence-electron chi connectivity index (χ1n) is 10.6. The van der Waals surface area contributed by atoms with Gasteiger partial charge in [0, 0.05) is 18.7 Å². The van der Waals surface area contributed by atoms with Gasteiger partial charge in [0.1, 0.15) is 18.3 Å². The van der Waals surface area contributed by atoms with E-state index in [0.29, 0.717) is 41.1 Å². The summed E-state index contributed by atoms with van der Waals surface area (Å²) >= 11 is 0. The number of anilines is 1. The van der Waals surface area contributed by atoms with E-state index < -0.39 is 11.7 Å². The lowest BCUT2D eigenvalue weighted by atomic mass is 10.1. The lowest BCUT2D eigenvalue weighted by Gasteiger charge is -2.11. The molecule has 0 aliphatic carbocycles. The fourth-order valence-corrected chi connectivity index (χ4v) is 3.37. The third kappa shape index (κ3) is 5.62. The number of aryl methyl sites for hydroxylation is 1. The first-order chi connectivity index (χ1) is 17.2. The summed E-state index contributed by atoms with van der Waals surface area (Å²) in [7, 11) is 3.10. The first-order valence-corrected chi connectivity index (χ1v) is 10.6. The largest absolute Gasteiger partial charge is 0.493 e. The van der Waals surface area contributed by atoms with Gasteiger partial charge in [-0.3, -0.25) is 4.98 Å². The molecule has 1 aromatic carbocycles. The number of aromatic nitrogens is 6. The molecule has 4 aromatic rings. The minimum Gasteiger partial charge on any atom is -0.493 e. The van der Waals surface area contributed by atoms with Gasteiger partial charge in [0.25, 0.3) is 0 Å². The average Bonchev–Trinajstić information content (AvgIpc) is 3.22. The van der Waals surface area contributed by atoms with Gasteiger partial charge in [-0.1, -0.05) is 6.07 Å². The standard InChI is InChI=1S/C23H22F3N7O3/c1-13-29-20(10-21(30-13)36-12-16-6-5-15(11-28-16)23(24,25)26)33-19(31-22(27)32-33)9-14-4-7-17(34-2)18(8-14)35-3/h4-8,10-11H,9,12H2,1-3H3,(H2,27,32). The van der Waals surface area contributed by atoms with Crippen molar-refractivity contribution in [2.75, 3.05) is 20.0 Å². The molecule has 0 atom stereocenters. The van der Waals surface area contributed by atoms with E-state index in [-0.39, 0.29) is 18.4 Å². The number of ether oxygens (including phenoxy) is 3. The van der Waals surface area contributed by atoms with Crippen LogP contribution in [0.5, 0.6) is 17.4 Å². The first kappa shape index (κ1) is 24.7. The Balaban J connectivity index is 1.56. The van der Waals surface area contributed by atoms with E-state index >= 15 is 0 Å². The van der Waals surface area contributed by atoms with Crippen molar-refractivity contribution in [3.63, 3.8) is 0 Å². The van der Waals surface area contributed by atoms with Crippen LogP contribution in [0.2, 0.25) is 0 Å². The molecule has 0 radical (unpaired) electrons. The Bertz CT molecular complexity index is 1360. The quantitative estimate of drug-likeness (QED) is 0.386. The molecule has 0 bridgehead atoms. The maximum atomic E-state index is 12.7. The second-order valence-electron chi connectivity index (χ2n) is 7.60. The summed E-state index contributed by atoms with van der Waals surface area (Å²) in [5.41, 5.74) is 6.22. The number of hydrogen-bond acceptors (Lipinski definition) is 9. The highest BCUT2D eigenvalue weighted by atomic mass is 19.4. The molecule has 3 aromatic heterocycles. The predicted molar refractivity (Wildman–Crippen MR) is 122 cm³/mol. The van der Waals surface area contributed by atoms with Crippen molar-refractivity contribution in [3.8, 4) is 23.2 Å². The summed E-state index contributed by atoms with van der Waals surface area (Å²) in [5.74, 6) is 2.65. The van der Waals surface area contributed by atoms with E-state index in [9.17, 15) is 13.2 Å². The molecule has 0 fully saturated rings. The van der Waals surface area contributed by atoms with Gasteiger partial charge in [0.2, 0.25) is 11.8 Å². The van der Waals surface area contributed by atoms with Gasteiger partial charge in [-0.15, -0.1) is 5.10 Å². The molecular weight excluding hydrogens is 479 g/mol. The molecule has 0 amide bonds. The molecule has 4 rings (SSSR count). The van der Waals surface area contributed by atoms with Crippen LogP contribution < -0.4 is 19.9 Å². The molecule has 0 spiro atoms. The SMILES string of the molecule is COc1ccc(Cc2nc(N)nn2-c2cc(OCc3ccc(C(F)(F)F)cn3)nc(C)n2)cc1OC. The smallest absolute Gasteiger partial charge is 0.417 e. The minimum atomic E-state index is -4.46. The Morgan fingerprint density at radius 2 is 1.75 bits per heavy atom. The van der Waals surface area contributed by atoms with Gasteiger partial charge < -0.3 is 19.9 Å². The fraction of sp³-hybridized carbons (Fsp3) is 0.261. The maximum Gasteiger partial charge on any atom is 0.417 e. The summed E-state index contributed by atoms with van der Waals surface area (Å²) in [6.07, 6.45) is -3.34. The molecule has 10 nitrogen and oxygen atoms in total. The van der Waals surface area contributed by atoms with E-state index in [1.54, 1.807) is 27.2 Å². The van der Waals surface area contributed by atoms with Crippen LogP contribution in [0.15, 0.2) is 42.6 Å². The van der Waals surface area contributed by atoms with E-state index in [1.165, 1.54) is 16.8 Å². The Morgan fingerprint density at radius 1 is 0.972 bits per heavy atom. The van der Waals surface area contributed by atoms with Crippen molar-refractivity contribution in [3.05, 3.63) is 71.1 Å². The number of nitrogens with zero attached hydrogens (tertiary/aromatic N) is 6. The van der Waals surface area contributed by atoms with E-state index in [1.807, 2.05) is 12.1 Å². The maximum absolute atomic E-state index is 12.7. The third-order valence-electron chi connectivity index (χ3n) is 5.04. The number of alkyl halides is 3.